The smallest absolute Gasteiger partial charge is 0.251 e. The number of halogens is 1. The van der Waals surface area contributed by atoms with E-state index < -0.39 is 0 Å². The predicted octanol–water partition coefficient (Wildman–Crippen LogP) is 3.22. The van der Waals surface area contributed by atoms with Crippen LogP contribution in [-0.2, 0) is 0 Å². The van der Waals surface area contributed by atoms with Crippen LogP contribution < -0.4 is 10.1 Å². The SMILES string of the molecule is COc1ccc(C(=O)NCC2CCCCC2Cl)cc1. The molecule has 0 spiro atoms. The van der Waals surface area contributed by atoms with Crippen molar-refractivity contribution in [2.45, 2.75) is 31.1 Å². The maximum atomic E-state index is 12.0. The topological polar surface area (TPSA) is 38.3 Å². The zero-order chi connectivity index (χ0) is 13.7. The molecule has 0 aromatic heterocycles. The van der Waals surface area contributed by atoms with Crippen molar-refractivity contribution in [1.82, 2.24) is 5.32 Å². The summed E-state index contributed by atoms with van der Waals surface area (Å²) in [5.41, 5.74) is 0.655. The van der Waals surface area contributed by atoms with Gasteiger partial charge in [0.15, 0.2) is 0 Å². The normalized spacial score (nSPS) is 22.8. The molecular formula is C15H20ClNO2. The zero-order valence-electron chi connectivity index (χ0n) is 11.2. The van der Waals surface area contributed by atoms with Crippen LogP contribution in [0.15, 0.2) is 24.3 Å². The van der Waals surface area contributed by atoms with E-state index >= 15 is 0 Å². The van der Waals surface area contributed by atoms with E-state index in [2.05, 4.69) is 5.32 Å². The molecule has 1 aliphatic carbocycles. The Kier molecular flexibility index (Phi) is 5.08. The summed E-state index contributed by atoms with van der Waals surface area (Å²) in [6.45, 7) is 0.666. The van der Waals surface area contributed by atoms with Crippen molar-refractivity contribution in [2.75, 3.05) is 13.7 Å². The fourth-order valence-electron chi connectivity index (χ4n) is 2.46. The van der Waals surface area contributed by atoms with Crippen molar-refractivity contribution in [3.8, 4) is 5.75 Å². The molecule has 4 heteroatoms. The van der Waals surface area contributed by atoms with Crippen LogP contribution in [0, 0.1) is 5.92 Å². The van der Waals surface area contributed by atoms with Gasteiger partial charge in [0, 0.05) is 17.5 Å². The predicted molar refractivity (Wildman–Crippen MR) is 76.9 cm³/mol. The van der Waals surface area contributed by atoms with Gasteiger partial charge in [0.2, 0.25) is 0 Å². The highest BCUT2D eigenvalue weighted by Gasteiger charge is 2.23. The Morgan fingerprint density at radius 3 is 2.63 bits per heavy atom. The third-order valence-corrected chi connectivity index (χ3v) is 4.27. The first kappa shape index (κ1) is 14.2. The standard InChI is InChI=1S/C15H20ClNO2/c1-19-13-8-6-11(7-9-13)15(18)17-10-12-4-2-3-5-14(12)16/h6-9,12,14H,2-5,10H2,1H3,(H,17,18). The number of hydrogen-bond acceptors (Lipinski definition) is 2. The minimum Gasteiger partial charge on any atom is -0.497 e. The van der Waals surface area contributed by atoms with Crippen LogP contribution in [0.1, 0.15) is 36.0 Å². The Hall–Kier alpha value is -1.22. The van der Waals surface area contributed by atoms with Crippen LogP contribution in [0.2, 0.25) is 0 Å². The highest BCUT2D eigenvalue weighted by molar-refractivity contribution is 6.20. The Morgan fingerprint density at radius 2 is 2.00 bits per heavy atom. The second-order valence-electron chi connectivity index (χ2n) is 5.00. The number of benzene rings is 1. The van der Waals surface area contributed by atoms with Gasteiger partial charge in [-0.25, -0.2) is 0 Å². The summed E-state index contributed by atoms with van der Waals surface area (Å²) in [5, 5.41) is 3.17. The highest BCUT2D eigenvalue weighted by Crippen LogP contribution is 2.28. The third kappa shape index (κ3) is 3.87. The molecule has 0 saturated heterocycles. The molecule has 0 bridgehead atoms. The van der Waals surface area contributed by atoms with Gasteiger partial charge >= 0.3 is 0 Å². The van der Waals surface area contributed by atoms with Gasteiger partial charge in [0.05, 0.1) is 7.11 Å². The lowest BCUT2D eigenvalue weighted by atomic mass is 9.88. The molecule has 19 heavy (non-hydrogen) atoms. The number of ether oxygens (including phenoxy) is 1. The summed E-state index contributed by atoms with van der Waals surface area (Å²) in [5.74, 6) is 1.11. The number of amides is 1. The first-order valence-electron chi connectivity index (χ1n) is 6.77. The molecule has 0 radical (unpaired) electrons. The number of hydrogen-bond donors (Lipinski definition) is 1. The van der Waals surface area contributed by atoms with Crippen LogP contribution >= 0.6 is 11.6 Å². The monoisotopic (exact) mass is 281 g/mol. The van der Waals surface area contributed by atoms with Crippen LogP contribution in [0.25, 0.3) is 0 Å². The van der Waals surface area contributed by atoms with Gasteiger partial charge in [-0.2, -0.15) is 0 Å². The van der Waals surface area contributed by atoms with E-state index in [1.54, 1.807) is 31.4 Å². The van der Waals surface area contributed by atoms with Crippen LogP contribution in [0.4, 0.5) is 0 Å². The molecule has 1 N–H and O–H groups in total. The van der Waals surface area contributed by atoms with E-state index in [9.17, 15) is 4.79 Å². The molecule has 104 valence electrons. The van der Waals surface area contributed by atoms with Crippen LogP contribution in [0.3, 0.4) is 0 Å². The summed E-state index contributed by atoms with van der Waals surface area (Å²) in [6.07, 6.45) is 4.59. The number of methoxy groups -OCH3 is 1. The Bertz CT molecular complexity index is 419. The van der Waals surface area contributed by atoms with E-state index in [-0.39, 0.29) is 11.3 Å². The van der Waals surface area contributed by atoms with Gasteiger partial charge in [0.1, 0.15) is 5.75 Å². The number of rotatable bonds is 4. The van der Waals surface area contributed by atoms with Crippen LogP contribution in [0.5, 0.6) is 5.75 Å². The second-order valence-corrected chi connectivity index (χ2v) is 5.56. The van der Waals surface area contributed by atoms with Gasteiger partial charge in [0.25, 0.3) is 5.91 Å². The summed E-state index contributed by atoms with van der Waals surface area (Å²) in [6, 6.07) is 7.13. The van der Waals surface area contributed by atoms with Gasteiger partial charge in [-0.3, -0.25) is 4.79 Å². The molecule has 1 fully saturated rings. The molecule has 1 saturated carbocycles. The van der Waals surface area contributed by atoms with Crippen molar-refractivity contribution >= 4 is 17.5 Å². The first-order valence-corrected chi connectivity index (χ1v) is 7.20. The van der Waals surface area contributed by atoms with Crippen molar-refractivity contribution in [2.24, 2.45) is 5.92 Å². The molecule has 0 aliphatic heterocycles. The number of carbonyl (C=O) groups is 1. The minimum absolute atomic E-state index is 0.0444. The van der Waals surface area contributed by atoms with E-state index in [1.165, 1.54) is 12.8 Å². The summed E-state index contributed by atoms with van der Waals surface area (Å²) in [4.78, 5) is 12.0. The van der Waals surface area contributed by atoms with E-state index in [0.29, 0.717) is 18.0 Å². The van der Waals surface area contributed by atoms with Crippen molar-refractivity contribution < 1.29 is 9.53 Å². The molecule has 2 unspecified atom stereocenters. The zero-order valence-corrected chi connectivity index (χ0v) is 12.0. The fourth-order valence-corrected chi connectivity index (χ4v) is 2.83. The molecule has 1 aromatic carbocycles. The molecule has 0 heterocycles. The maximum absolute atomic E-state index is 12.0. The number of nitrogens with one attached hydrogen (secondary N) is 1. The lowest BCUT2D eigenvalue weighted by Crippen LogP contribution is -2.34. The summed E-state index contributed by atoms with van der Waals surface area (Å²) < 4.78 is 5.07. The molecule has 1 aliphatic rings. The third-order valence-electron chi connectivity index (χ3n) is 3.69. The van der Waals surface area contributed by atoms with Crippen molar-refractivity contribution in [1.29, 1.82) is 0 Å². The highest BCUT2D eigenvalue weighted by atomic mass is 35.5. The quantitative estimate of drug-likeness (QED) is 0.861. The van der Waals surface area contributed by atoms with E-state index in [0.717, 1.165) is 18.6 Å². The fraction of sp³-hybridized carbons (Fsp3) is 0.533. The Labute approximate surface area is 119 Å². The number of alkyl halides is 1. The lowest BCUT2D eigenvalue weighted by Gasteiger charge is -2.27. The van der Waals surface area contributed by atoms with Crippen molar-refractivity contribution in [3.05, 3.63) is 29.8 Å². The Morgan fingerprint density at radius 1 is 1.32 bits per heavy atom. The first-order chi connectivity index (χ1) is 9.20. The molecule has 2 rings (SSSR count). The lowest BCUT2D eigenvalue weighted by molar-refractivity contribution is 0.0944. The largest absolute Gasteiger partial charge is 0.497 e. The average Bonchev–Trinajstić information content (AvgIpc) is 2.46. The van der Waals surface area contributed by atoms with Crippen LogP contribution in [-0.4, -0.2) is 24.9 Å². The van der Waals surface area contributed by atoms with Crippen molar-refractivity contribution in [3.63, 3.8) is 0 Å². The van der Waals surface area contributed by atoms with Gasteiger partial charge in [-0.1, -0.05) is 12.8 Å². The molecule has 1 aromatic rings. The van der Waals surface area contributed by atoms with E-state index in [1.807, 2.05) is 0 Å². The van der Waals surface area contributed by atoms with Gasteiger partial charge < -0.3 is 10.1 Å². The average molecular weight is 282 g/mol. The molecule has 2 atom stereocenters. The van der Waals surface area contributed by atoms with E-state index in [4.69, 9.17) is 16.3 Å². The minimum atomic E-state index is -0.0444. The second kappa shape index (κ2) is 6.80. The Balaban J connectivity index is 1.86. The molecule has 1 amide bonds. The number of carbonyl (C=O) groups excluding carboxylic acids is 1. The van der Waals surface area contributed by atoms with Gasteiger partial charge in [-0.05, 0) is 43.0 Å². The summed E-state index contributed by atoms with van der Waals surface area (Å²) >= 11 is 6.28. The molecule has 3 nitrogen and oxygen atoms in total. The maximum Gasteiger partial charge on any atom is 0.251 e. The summed E-state index contributed by atoms with van der Waals surface area (Å²) in [7, 11) is 1.61. The molecular weight excluding hydrogens is 262 g/mol. The van der Waals surface area contributed by atoms with Gasteiger partial charge in [-0.15, -0.1) is 11.6 Å².